The predicted octanol–water partition coefficient (Wildman–Crippen LogP) is 4.17. The first-order valence-corrected chi connectivity index (χ1v) is 15.0. The van der Waals surface area contributed by atoms with E-state index in [-0.39, 0.29) is 42.4 Å². The molecule has 2 aromatic rings. The number of ether oxygens (including phenoxy) is 2. The molecule has 0 aromatic heterocycles. The Balaban J connectivity index is 1.89. The second kappa shape index (κ2) is 13.8. The summed E-state index contributed by atoms with van der Waals surface area (Å²) in [4.78, 5) is 12.7. The number of para-hydroxylation sites is 1. The van der Waals surface area contributed by atoms with Gasteiger partial charge in [0.05, 0.1) is 19.6 Å². The summed E-state index contributed by atoms with van der Waals surface area (Å²) in [5.74, 6) is 5.89. The summed E-state index contributed by atoms with van der Waals surface area (Å²) >= 11 is 0. The molecule has 0 bridgehead atoms. The van der Waals surface area contributed by atoms with E-state index in [1.807, 2.05) is 39.0 Å². The van der Waals surface area contributed by atoms with Crippen molar-refractivity contribution in [2.45, 2.75) is 76.8 Å². The maximum absolute atomic E-state index is 13.6. The number of allylic oxidation sites excluding steroid dienone is 1. The van der Waals surface area contributed by atoms with Crippen molar-refractivity contribution in [3.63, 3.8) is 0 Å². The number of rotatable bonds is 12. The quantitative estimate of drug-likeness (QED) is 0.226. The van der Waals surface area contributed by atoms with Crippen LogP contribution in [0, 0.1) is 6.92 Å². The minimum Gasteiger partial charge on any atom is -0.488 e. The second-order valence-corrected chi connectivity index (χ2v) is 12.0. The molecule has 39 heavy (non-hydrogen) atoms. The number of nitrogens with two attached hydrogens (primary N) is 2. The Morgan fingerprint density at radius 2 is 2.00 bits per heavy atom. The molecule has 0 amide bonds. The molecule has 10 heteroatoms. The Hall–Kier alpha value is -3.08. The van der Waals surface area contributed by atoms with Crippen LogP contribution in [0.2, 0.25) is 0 Å². The fourth-order valence-electron chi connectivity index (χ4n) is 4.74. The van der Waals surface area contributed by atoms with Gasteiger partial charge >= 0.3 is 5.97 Å². The third kappa shape index (κ3) is 8.20. The SMILES string of the molecule is CCCN(N)/C=C(\N)CCC(CC(=O)OCC)c1ccc(C)c(CN2C[C@@H](C)Oc3ccccc3S2(=O)=O)c1. The van der Waals surface area contributed by atoms with Crippen molar-refractivity contribution < 1.29 is 22.7 Å². The summed E-state index contributed by atoms with van der Waals surface area (Å²) in [6.45, 7) is 9.07. The lowest BCUT2D eigenvalue weighted by molar-refractivity contribution is -0.143. The number of aryl methyl sites for hydroxylation is 1. The minimum atomic E-state index is -3.77. The molecule has 1 aliphatic rings. The van der Waals surface area contributed by atoms with Crippen molar-refractivity contribution in [3.05, 3.63) is 71.1 Å². The molecule has 4 N–H and O–H groups in total. The Labute approximate surface area is 232 Å². The molecule has 3 rings (SSSR count). The summed E-state index contributed by atoms with van der Waals surface area (Å²) in [6.07, 6.45) is 3.69. The van der Waals surface area contributed by atoms with Crippen molar-refractivity contribution in [2.75, 3.05) is 19.7 Å². The van der Waals surface area contributed by atoms with Gasteiger partial charge in [0.1, 0.15) is 16.7 Å². The smallest absolute Gasteiger partial charge is 0.306 e. The van der Waals surface area contributed by atoms with Gasteiger partial charge in [0.25, 0.3) is 0 Å². The number of sulfonamides is 1. The molecule has 9 nitrogen and oxygen atoms in total. The number of nitrogens with zero attached hydrogens (tertiary/aromatic N) is 2. The van der Waals surface area contributed by atoms with E-state index in [4.69, 9.17) is 21.1 Å². The first kappa shape index (κ1) is 30.5. The van der Waals surface area contributed by atoms with Crippen molar-refractivity contribution >= 4 is 16.0 Å². The zero-order valence-electron chi connectivity index (χ0n) is 23.4. The summed E-state index contributed by atoms with van der Waals surface area (Å²) in [5, 5.41) is 1.57. The highest BCUT2D eigenvalue weighted by Gasteiger charge is 2.33. The molecule has 0 radical (unpaired) electrons. The van der Waals surface area contributed by atoms with Crippen molar-refractivity contribution in [3.8, 4) is 5.75 Å². The molecular weight excluding hydrogens is 516 g/mol. The highest BCUT2D eigenvalue weighted by molar-refractivity contribution is 7.89. The third-order valence-corrected chi connectivity index (χ3v) is 8.61. The van der Waals surface area contributed by atoms with Crippen LogP contribution in [0.25, 0.3) is 0 Å². The van der Waals surface area contributed by atoms with E-state index in [0.717, 1.165) is 23.1 Å². The number of hydrogen-bond acceptors (Lipinski definition) is 8. The summed E-state index contributed by atoms with van der Waals surface area (Å²) in [5.41, 5.74) is 9.64. The van der Waals surface area contributed by atoms with Crippen LogP contribution in [0.1, 0.15) is 69.1 Å². The van der Waals surface area contributed by atoms with Gasteiger partial charge in [-0.3, -0.25) is 4.79 Å². The molecule has 214 valence electrons. The number of hydrazine groups is 1. The number of carbonyl (C=O) groups excluding carboxylic acids is 1. The highest BCUT2D eigenvalue weighted by atomic mass is 32.2. The topological polar surface area (TPSA) is 128 Å². The van der Waals surface area contributed by atoms with Gasteiger partial charge in [0, 0.05) is 25.0 Å². The molecule has 1 heterocycles. The zero-order chi connectivity index (χ0) is 28.6. The standard InChI is InChI=1S/C29H42N4O5S/c1-5-15-32(31)20-26(30)14-13-24(17-29(34)37-6-2)23-12-11-21(3)25(16-23)19-33-18-22(4)38-27-9-7-8-10-28(27)39(33,35)36/h7-12,16,20,22,24H,5-6,13-15,17-19,30-31H2,1-4H3/b26-20-/t22-,24?/m1/s1. The van der Waals surface area contributed by atoms with Gasteiger partial charge in [-0.15, -0.1) is 0 Å². The lowest BCUT2D eigenvalue weighted by atomic mass is 9.88. The fourth-order valence-corrected chi connectivity index (χ4v) is 6.36. The van der Waals surface area contributed by atoms with Crippen LogP contribution < -0.4 is 16.3 Å². The van der Waals surface area contributed by atoms with Crippen LogP contribution in [0.15, 0.2) is 59.3 Å². The van der Waals surface area contributed by atoms with Crippen molar-refractivity contribution in [1.82, 2.24) is 9.31 Å². The van der Waals surface area contributed by atoms with E-state index in [0.29, 0.717) is 37.4 Å². The number of hydrogen-bond donors (Lipinski definition) is 2. The maximum atomic E-state index is 13.6. The lowest BCUT2D eigenvalue weighted by Crippen LogP contribution is -2.35. The van der Waals surface area contributed by atoms with Crippen LogP contribution in [0.4, 0.5) is 0 Å². The van der Waals surface area contributed by atoms with Gasteiger partial charge in [-0.05, 0) is 74.8 Å². The van der Waals surface area contributed by atoms with E-state index < -0.39 is 10.0 Å². The van der Waals surface area contributed by atoms with E-state index >= 15 is 0 Å². The first-order valence-electron chi connectivity index (χ1n) is 13.5. The normalized spacial score (nSPS) is 18.0. The van der Waals surface area contributed by atoms with Gasteiger partial charge in [-0.1, -0.05) is 37.3 Å². The molecule has 1 unspecified atom stereocenters. The molecule has 2 aromatic carbocycles. The van der Waals surface area contributed by atoms with E-state index in [1.165, 1.54) is 4.31 Å². The predicted molar refractivity (Wildman–Crippen MR) is 152 cm³/mol. The Kier molecular flexibility index (Phi) is 10.8. The maximum Gasteiger partial charge on any atom is 0.306 e. The lowest BCUT2D eigenvalue weighted by Gasteiger charge is -2.24. The van der Waals surface area contributed by atoms with Gasteiger partial charge in [-0.25, -0.2) is 14.3 Å². The van der Waals surface area contributed by atoms with Crippen LogP contribution in [-0.4, -0.2) is 49.5 Å². The highest BCUT2D eigenvalue weighted by Crippen LogP contribution is 2.33. The molecule has 0 spiro atoms. The van der Waals surface area contributed by atoms with Crippen LogP contribution in [0.5, 0.6) is 5.75 Å². The van der Waals surface area contributed by atoms with E-state index in [2.05, 4.69) is 0 Å². The Morgan fingerprint density at radius 3 is 2.72 bits per heavy atom. The summed E-state index contributed by atoms with van der Waals surface area (Å²) < 4.78 is 39.8. The van der Waals surface area contributed by atoms with Gasteiger partial charge < -0.3 is 20.2 Å². The molecule has 0 saturated heterocycles. The molecule has 0 aliphatic carbocycles. The zero-order valence-corrected chi connectivity index (χ0v) is 24.2. The van der Waals surface area contributed by atoms with Gasteiger partial charge in [0.2, 0.25) is 10.0 Å². The average molecular weight is 559 g/mol. The molecule has 1 aliphatic heterocycles. The first-order chi connectivity index (χ1) is 18.5. The van der Waals surface area contributed by atoms with Crippen LogP contribution in [0.3, 0.4) is 0 Å². The van der Waals surface area contributed by atoms with Crippen LogP contribution >= 0.6 is 0 Å². The average Bonchev–Trinajstić information content (AvgIpc) is 2.96. The number of fused-ring (bicyclic) bond motifs is 1. The Morgan fingerprint density at radius 1 is 1.26 bits per heavy atom. The second-order valence-electron chi connectivity index (χ2n) is 10.0. The summed E-state index contributed by atoms with van der Waals surface area (Å²) in [6, 6.07) is 12.7. The molecular formula is C29H42N4O5S. The third-order valence-electron chi connectivity index (χ3n) is 6.76. The van der Waals surface area contributed by atoms with E-state index in [9.17, 15) is 13.2 Å². The summed E-state index contributed by atoms with van der Waals surface area (Å²) in [7, 11) is -3.77. The number of esters is 1. The Bertz CT molecular complexity index is 1260. The van der Waals surface area contributed by atoms with Crippen LogP contribution in [-0.2, 0) is 26.1 Å². The van der Waals surface area contributed by atoms with Gasteiger partial charge in [0.15, 0.2) is 0 Å². The largest absolute Gasteiger partial charge is 0.488 e. The van der Waals surface area contributed by atoms with Gasteiger partial charge in [-0.2, -0.15) is 4.31 Å². The van der Waals surface area contributed by atoms with Crippen molar-refractivity contribution in [1.29, 1.82) is 0 Å². The monoisotopic (exact) mass is 558 g/mol. The molecule has 2 atom stereocenters. The molecule has 0 fully saturated rings. The van der Waals surface area contributed by atoms with E-state index in [1.54, 1.807) is 42.4 Å². The van der Waals surface area contributed by atoms with Crippen molar-refractivity contribution in [2.24, 2.45) is 11.6 Å². The molecule has 0 saturated carbocycles. The fraction of sp³-hybridized carbons (Fsp3) is 0.483. The minimum absolute atomic E-state index is 0.156. The number of benzene rings is 2. The number of carbonyl (C=O) groups is 1.